The third-order valence-electron chi connectivity index (χ3n) is 5.98. The van der Waals surface area contributed by atoms with Gasteiger partial charge >= 0.3 is 14.8 Å². The maximum absolute atomic E-state index is 5.97. The molecule has 0 saturated heterocycles. The van der Waals surface area contributed by atoms with Crippen LogP contribution in [0.5, 0.6) is 6.01 Å². The first-order chi connectivity index (χ1) is 16.4. The lowest BCUT2D eigenvalue weighted by atomic mass is 10.00. The minimum Gasteiger partial charge on any atom is -0.464 e. The van der Waals surface area contributed by atoms with E-state index in [9.17, 15) is 0 Å². The molecule has 0 radical (unpaired) electrons. The number of anilines is 2. The Labute approximate surface area is 208 Å². The average Bonchev–Trinajstić information content (AvgIpc) is 2.84. The second-order valence-electron chi connectivity index (χ2n) is 8.28. The van der Waals surface area contributed by atoms with E-state index < -0.39 is 8.80 Å². The highest BCUT2D eigenvalue weighted by Gasteiger charge is 2.41. The van der Waals surface area contributed by atoms with Crippen LogP contribution < -0.4 is 15.0 Å². The Morgan fingerprint density at radius 1 is 0.706 bits per heavy atom. The van der Waals surface area contributed by atoms with Gasteiger partial charge in [-0.1, -0.05) is 53.4 Å². The SMILES string of the molecule is CCOc1nc(NC[Si](OCC)(OCC)OCC)nc(N(CC(CC)CC)CC(CC)CC)n1. The molecule has 0 saturated carbocycles. The molecule has 34 heavy (non-hydrogen) atoms. The first kappa shape index (κ1) is 30.5. The van der Waals surface area contributed by atoms with Gasteiger partial charge in [0.15, 0.2) is 0 Å². The minimum absolute atomic E-state index is 0.325. The van der Waals surface area contributed by atoms with Gasteiger partial charge in [-0.3, -0.25) is 0 Å². The topological polar surface area (TPSA) is 90.9 Å². The molecule has 10 heteroatoms. The molecule has 1 aromatic rings. The van der Waals surface area contributed by atoms with E-state index in [1.807, 2.05) is 27.7 Å². The van der Waals surface area contributed by atoms with Crippen LogP contribution in [0, 0.1) is 11.8 Å². The number of hydrogen-bond donors (Lipinski definition) is 1. The van der Waals surface area contributed by atoms with Crippen LogP contribution in [0.25, 0.3) is 0 Å². The minimum atomic E-state index is -2.90. The molecule has 0 aromatic carbocycles. The van der Waals surface area contributed by atoms with Crippen molar-refractivity contribution in [3.63, 3.8) is 0 Å². The largest absolute Gasteiger partial charge is 0.521 e. The molecule has 0 bridgehead atoms. The van der Waals surface area contributed by atoms with Crippen molar-refractivity contribution in [2.75, 3.05) is 55.9 Å². The van der Waals surface area contributed by atoms with Crippen LogP contribution in [-0.2, 0) is 13.3 Å². The summed E-state index contributed by atoms with van der Waals surface area (Å²) < 4.78 is 23.6. The van der Waals surface area contributed by atoms with E-state index >= 15 is 0 Å². The molecule has 1 N–H and O–H groups in total. The van der Waals surface area contributed by atoms with Crippen LogP contribution in [0.1, 0.15) is 81.1 Å². The monoisotopic (exact) mass is 499 g/mol. The van der Waals surface area contributed by atoms with Gasteiger partial charge in [-0.2, -0.15) is 15.0 Å². The van der Waals surface area contributed by atoms with Crippen LogP contribution in [0.15, 0.2) is 0 Å². The molecule has 1 rings (SSSR count). The molecule has 1 heterocycles. The fourth-order valence-electron chi connectivity index (χ4n) is 3.84. The van der Waals surface area contributed by atoms with Gasteiger partial charge in [0.1, 0.15) is 0 Å². The predicted molar refractivity (Wildman–Crippen MR) is 140 cm³/mol. The number of nitrogens with one attached hydrogen (secondary N) is 1. The normalized spacial score (nSPS) is 11.9. The Bertz CT molecular complexity index is 631. The smallest absolute Gasteiger partial charge is 0.464 e. The molecular weight excluding hydrogens is 450 g/mol. The average molecular weight is 500 g/mol. The van der Waals surface area contributed by atoms with Crippen molar-refractivity contribution in [2.24, 2.45) is 11.8 Å². The fourth-order valence-corrected chi connectivity index (χ4v) is 6.09. The van der Waals surface area contributed by atoms with Crippen molar-refractivity contribution < 1.29 is 18.0 Å². The molecule has 0 aliphatic rings. The third-order valence-corrected chi connectivity index (χ3v) is 8.78. The first-order valence-corrected chi connectivity index (χ1v) is 15.2. The molecule has 198 valence electrons. The van der Waals surface area contributed by atoms with Gasteiger partial charge in [-0.15, -0.1) is 0 Å². The number of aromatic nitrogens is 3. The molecule has 0 amide bonds. The zero-order chi connectivity index (χ0) is 25.4. The second-order valence-corrected chi connectivity index (χ2v) is 10.9. The van der Waals surface area contributed by atoms with Gasteiger partial charge < -0.3 is 28.2 Å². The highest BCUT2D eigenvalue weighted by molar-refractivity contribution is 6.61. The summed E-state index contributed by atoms with van der Waals surface area (Å²) in [7, 11) is -2.90. The van der Waals surface area contributed by atoms with Gasteiger partial charge in [0.25, 0.3) is 0 Å². The summed E-state index contributed by atoms with van der Waals surface area (Å²) in [6.07, 6.45) is 4.85. The quantitative estimate of drug-likeness (QED) is 0.250. The Hall–Kier alpha value is -1.49. The summed E-state index contributed by atoms with van der Waals surface area (Å²) in [6, 6.07) is 0.325. The van der Waals surface area contributed by atoms with Crippen LogP contribution in [0.2, 0.25) is 0 Å². The molecule has 9 nitrogen and oxygen atoms in total. The maximum atomic E-state index is 5.97. The number of hydrogen-bond acceptors (Lipinski definition) is 9. The highest BCUT2D eigenvalue weighted by atomic mass is 28.4. The Morgan fingerprint density at radius 3 is 1.62 bits per heavy atom. The van der Waals surface area contributed by atoms with Crippen molar-refractivity contribution in [3.05, 3.63) is 0 Å². The van der Waals surface area contributed by atoms with Gasteiger partial charge in [-0.05, 0) is 39.5 Å². The Kier molecular flexibility index (Phi) is 15.3. The summed E-state index contributed by atoms with van der Waals surface area (Å²) in [5.41, 5.74) is 0. The standard InChI is InChI=1S/C24H49N5O4Si/c1-9-20(10-2)17-29(18-21(11-3)12-4)23-26-22(27-24(28-23)30-13-5)25-19-34(31-14-6,32-15-7)33-16-8/h20-21H,9-19H2,1-8H3,(H,25,26,27,28). The van der Waals surface area contributed by atoms with E-state index in [-0.39, 0.29) is 0 Å². The molecule has 0 aliphatic carbocycles. The van der Waals surface area contributed by atoms with E-state index in [4.69, 9.17) is 23.0 Å². The van der Waals surface area contributed by atoms with Crippen LogP contribution in [0.3, 0.4) is 0 Å². The van der Waals surface area contributed by atoms with Crippen molar-refractivity contribution in [2.45, 2.75) is 81.1 Å². The third kappa shape index (κ3) is 10.0. The zero-order valence-electron chi connectivity index (χ0n) is 22.9. The molecule has 0 fully saturated rings. The highest BCUT2D eigenvalue weighted by Crippen LogP contribution is 2.22. The van der Waals surface area contributed by atoms with Crippen LogP contribution >= 0.6 is 0 Å². The van der Waals surface area contributed by atoms with Crippen molar-refractivity contribution in [1.82, 2.24) is 15.0 Å². The summed E-state index contributed by atoms with van der Waals surface area (Å²) in [4.78, 5) is 16.3. The van der Waals surface area contributed by atoms with E-state index in [1.165, 1.54) is 0 Å². The second kappa shape index (κ2) is 17.0. The molecule has 0 spiro atoms. The lowest BCUT2D eigenvalue weighted by Crippen LogP contribution is -2.52. The predicted octanol–water partition coefficient (Wildman–Crippen LogP) is 4.95. The van der Waals surface area contributed by atoms with Gasteiger partial charge in [0, 0.05) is 32.9 Å². The Balaban J connectivity index is 3.30. The summed E-state index contributed by atoms with van der Waals surface area (Å²) in [6.45, 7) is 20.6. The Morgan fingerprint density at radius 2 is 1.21 bits per heavy atom. The van der Waals surface area contributed by atoms with Gasteiger partial charge in [0.2, 0.25) is 11.9 Å². The number of rotatable bonds is 20. The molecule has 0 unspecified atom stereocenters. The summed E-state index contributed by atoms with van der Waals surface area (Å²) in [5, 5.41) is 3.31. The van der Waals surface area contributed by atoms with Crippen molar-refractivity contribution in [3.8, 4) is 6.01 Å². The molecule has 1 aromatic heterocycles. The van der Waals surface area contributed by atoms with Crippen molar-refractivity contribution in [1.29, 1.82) is 0 Å². The molecule has 0 atom stereocenters. The lowest BCUT2D eigenvalue weighted by molar-refractivity contribution is 0.0740. The van der Waals surface area contributed by atoms with Crippen LogP contribution in [-0.4, -0.2) is 69.4 Å². The van der Waals surface area contributed by atoms with Gasteiger partial charge in [0.05, 0.1) is 12.8 Å². The number of nitrogens with zero attached hydrogens (tertiary/aromatic N) is 4. The fraction of sp³-hybridized carbons (Fsp3) is 0.875. The molecule has 0 aliphatic heterocycles. The van der Waals surface area contributed by atoms with E-state index in [0.29, 0.717) is 62.3 Å². The lowest BCUT2D eigenvalue weighted by Gasteiger charge is -2.30. The first-order valence-electron chi connectivity index (χ1n) is 13.2. The van der Waals surface area contributed by atoms with Crippen molar-refractivity contribution >= 4 is 20.7 Å². The van der Waals surface area contributed by atoms with E-state index in [1.54, 1.807) is 0 Å². The van der Waals surface area contributed by atoms with Crippen LogP contribution in [0.4, 0.5) is 11.9 Å². The summed E-state index contributed by atoms with van der Waals surface area (Å²) in [5.74, 6) is 2.25. The van der Waals surface area contributed by atoms with E-state index in [2.05, 4.69) is 47.9 Å². The molecular formula is C24H49N5O4Si. The summed E-state index contributed by atoms with van der Waals surface area (Å²) >= 11 is 0. The van der Waals surface area contributed by atoms with Gasteiger partial charge in [-0.25, -0.2) is 0 Å². The number of ether oxygens (including phenoxy) is 1. The van der Waals surface area contributed by atoms with E-state index in [0.717, 1.165) is 38.8 Å². The maximum Gasteiger partial charge on any atom is 0.521 e. The zero-order valence-corrected chi connectivity index (χ0v) is 23.9.